The van der Waals surface area contributed by atoms with E-state index in [-0.39, 0.29) is 17.5 Å². The zero-order valence-corrected chi connectivity index (χ0v) is 11.5. The molecule has 1 aliphatic rings. The number of hydrogen-bond donors (Lipinski definition) is 2. The molecule has 1 fully saturated rings. The van der Waals surface area contributed by atoms with Crippen LogP contribution in [-0.2, 0) is 0 Å². The van der Waals surface area contributed by atoms with Gasteiger partial charge in [0.25, 0.3) is 0 Å². The predicted octanol–water partition coefficient (Wildman–Crippen LogP) is 3.67. The number of aliphatic hydroxyl groups is 1. The number of hydrogen-bond acceptors (Lipinski definition) is 3. The Morgan fingerprint density at radius 2 is 2.05 bits per heavy atom. The van der Waals surface area contributed by atoms with Gasteiger partial charge < -0.3 is 15.2 Å². The highest BCUT2D eigenvalue weighted by atomic mass is 79.9. The molecule has 2 rings (SSSR count). The minimum atomic E-state index is -4.74. The molecule has 0 aromatic heterocycles. The molecular formula is C12H13BrF3NO2. The van der Waals surface area contributed by atoms with Gasteiger partial charge in [0.2, 0.25) is 0 Å². The van der Waals surface area contributed by atoms with Crippen molar-refractivity contribution in [2.45, 2.75) is 37.8 Å². The maximum Gasteiger partial charge on any atom is 0.573 e. The molecule has 0 aliphatic heterocycles. The van der Waals surface area contributed by atoms with Crippen LogP contribution >= 0.6 is 15.9 Å². The quantitative estimate of drug-likeness (QED) is 0.882. The molecule has 0 amide bonds. The van der Waals surface area contributed by atoms with Crippen molar-refractivity contribution in [1.82, 2.24) is 0 Å². The van der Waals surface area contributed by atoms with Crippen molar-refractivity contribution in [2.24, 2.45) is 0 Å². The fourth-order valence-electron chi connectivity index (χ4n) is 2.13. The van der Waals surface area contributed by atoms with Gasteiger partial charge in [0.15, 0.2) is 5.75 Å². The lowest BCUT2D eigenvalue weighted by Gasteiger charge is -2.21. The van der Waals surface area contributed by atoms with E-state index in [9.17, 15) is 18.3 Å². The zero-order chi connectivity index (χ0) is 14.0. The molecule has 19 heavy (non-hydrogen) atoms. The summed E-state index contributed by atoms with van der Waals surface area (Å²) in [6, 6.07) is 4.12. The van der Waals surface area contributed by atoms with Crippen LogP contribution in [0.5, 0.6) is 5.75 Å². The van der Waals surface area contributed by atoms with Gasteiger partial charge in [-0.2, -0.15) is 0 Å². The summed E-state index contributed by atoms with van der Waals surface area (Å²) in [5.41, 5.74) is 0.228. The Kier molecular flexibility index (Phi) is 4.25. The molecule has 0 radical (unpaired) electrons. The van der Waals surface area contributed by atoms with Crippen LogP contribution in [0.15, 0.2) is 22.7 Å². The van der Waals surface area contributed by atoms with Gasteiger partial charge in [-0.05, 0) is 37.5 Å². The molecule has 0 bridgehead atoms. The number of nitrogens with one attached hydrogen (secondary N) is 1. The Morgan fingerprint density at radius 3 is 2.63 bits per heavy atom. The molecule has 3 nitrogen and oxygen atoms in total. The number of alkyl halides is 3. The average Bonchev–Trinajstić information content (AvgIpc) is 2.66. The fraction of sp³-hybridized carbons (Fsp3) is 0.500. The summed E-state index contributed by atoms with van der Waals surface area (Å²) in [4.78, 5) is 0. The summed E-state index contributed by atoms with van der Waals surface area (Å²) in [6.45, 7) is 0. The third-order valence-corrected chi connectivity index (χ3v) is 3.48. The molecule has 0 heterocycles. The van der Waals surface area contributed by atoms with Crippen molar-refractivity contribution < 1.29 is 23.0 Å². The first-order chi connectivity index (χ1) is 8.85. The van der Waals surface area contributed by atoms with Gasteiger partial charge in [0, 0.05) is 4.47 Å². The van der Waals surface area contributed by atoms with Crippen LogP contribution in [0.3, 0.4) is 0 Å². The monoisotopic (exact) mass is 339 g/mol. The number of anilines is 1. The third-order valence-electron chi connectivity index (χ3n) is 2.99. The lowest BCUT2D eigenvalue weighted by atomic mass is 10.2. The molecule has 1 aliphatic carbocycles. The molecule has 7 heteroatoms. The highest BCUT2D eigenvalue weighted by Crippen LogP contribution is 2.35. The molecule has 1 aromatic carbocycles. The molecule has 106 valence electrons. The maximum absolute atomic E-state index is 12.3. The topological polar surface area (TPSA) is 41.5 Å². The van der Waals surface area contributed by atoms with Crippen molar-refractivity contribution in [3.05, 3.63) is 22.7 Å². The van der Waals surface area contributed by atoms with E-state index in [2.05, 4.69) is 26.0 Å². The molecule has 0 saturated heterocycles. The van der Waals surface area contributed by atoms with Gasteiger partial charge in [0.05, 0.1) is 17.8 Å². The number of rotatable bonds is 3. The predicted molar refractivity (Wildman–Crippen MR) is 68.1 cm³/mol. The molecular weight excluding hydrogens is 327 g/mol. The normalized spacial score (nSPS) is 23.4. The van der Waals surface area contributed by atoms with E-state index in [1.165, 1.54) is 12.1 Å². The van der Waals surface area contributed by atoms with E-state index in [0.717, 1.165) is 12.8 Å². The van der Waals surface area contributed by atoms with Crippen LogP contribution in [0.1, 0.15) is 19.3 Å². The molecule has 0 unspecified atom stereocenters. The van der Waals surface area contributed by atoms with E-state index in [1.54, 1.807) is 6.07 Å². The molecule has 1 saturated carbocycles. The summed E-state index contributed by atoms with van der Waals surface area (Å²) in [5.74, 6) is -0.305. The molecule has 0 spiro atoms. The van der Waals surface area contributed by atoms with Crippen LogP contribution in [-0.4, -0.2) is 23.6 Å². The van der Waals surface area contributed by atoms with Gasteiger partial charge >= 0.3 is 6.36 Å². The van der Waals surface area contributed by atoms with Crippen molar-refractivity contribution >= 4 is 21.6 Å². The summed E-state index contributed by atoms with van der Waals surface area (Å²) in [6.07, 6.45) is -3.05. The van der Waals surface area contributed by atoms with Crippen molar-refractivity contribution in [2.75, 3.05) is 5.32 Å². The van der Waals surface area contributed by atoms with Crippen molar-refractivity contribution in [3.63, 3.8) is 0 Å². The minimum Gasteiger partial charge on any atom is -0.404 e. The van der Waals surface area contributed by atoms with Gasteiger partial charge in [-0.3, -0.25) is 0 Å². The SMILES string of the molecule is O[C@H]1CCC[C@@H]1Nc1ccc(Br)cc1OC(F)(F)F. The second kappa shape index (κ2) is 5.58. The van der Waals surface area contributed by atoms with Crippen LogP contribution in [0.25, 0.3) is 0 Å². The summed E-state index contributed by atoms with van der Waals surface area (Å²) < 4.78 is 41.5. The number of ether oxygens (including phenoxy) is 1. The fourth-order valence-corrected chi connectivity index (χ4v) is 2.47. The zero-order valence-electron chi connectivity index (χ0n) is 9.88. The van der Waals surface area contributed by atoms with Crippen molar-refractivity contribution in [1.29, 1.82) is 0 Å². The smallest absolute Gasteiger partial charge is 0.404 e. The first kappa shape index (κ1) is 14.5. The Bertz CT molecular complexity index is 453. The largest absolute Gasteiger partial charge is 0.573 e. The second-order valence-electron chi connectivity index (χ2n) is 4.44. The van der Waals surface area contributed by atoms with Crippen LogP contribution in [0.2, 0.25) is 0 Å². The Labute approximate surface area is 116 Å². The third kappa shape index (κ3) is 4.01. The van der Waals surface area contributed by atoms with E-state index in [4.69, 9.17) is 0 Å². The number of halogens is 4. The number of aliphatic hydroxyl groups excluding tert-OH is 1. The lowest BCUT2D eigenvalue weighted by Crippen LogP contribution is -2.28. The molecule has 2 atom stereocenters. The van der Waals surface area contributed by atoms with Gasteiger partial charge in [0.1, 0.15) is 0 Å². The van der Waals surface area contributed by atoms with Crippen molar-refractivity contribution in [3.8, 4) is 5.75 Å². The Balaban J connectivity index is 2.19. The van der Waals surface area contributed by atoms with Gasteiger partial charge in [-0.1, -0.05) is 15.9 Å². The highest BCUT2D eigenvalue weighted by Gasteiger charge is 2.33. The summed E-state index contributed by atoms with van der Waals surface area (Å²) >= 11 is 3.10. The summed E-state index contributed by atoms with van der Waals surface area (Å²) in [7, 11) is 0. The van der Waals surface area contributed by atoms with E-state index in [0.29, 0.717) is 10.9 Å². The lowest BCUT2D eigenvalue weighted by molar-refractivity contribution is -0.274. The highest BCUT2D eigenvalue weighted by molar-refractivity contribution is 9.10. The first-order valence-corrected chi connectivity index (χ1v) is 6.64. The van der Waals surface area contributed by atoms with Crippen LogP contribution in [0.4, 0.5) is 18.9 Å². The standard InChI is InChI=1S/C12H13BrF3NO2/c13-7-4-5-9(11(6-7)19-12(14,15)16)17-8-2-1-3-10(8)18/h4-6,8,10,17-18H,1-3H2/t8-,10-/m0/s1. The maximum atomic E-state index is 12.3. The Morgan fingerprint density at radius 1 is 1.32 bits per heavy atom. The van der Waals surface area contributed by atoms with E-state index in [1.807, 2.05) is 0 Å². The van der Waals surface area contributed by atoms with Gasteiger partial charge in [-0.15, -0.1) is 13.2 Å². The van der Waals surface area contributed by atoms with Gasteiger partial charge in [-0.25, -0.2) is 0 Å². The first-order valence-electron chi connectivity index (χ1n) is 5.85. The van der Waals surface area contributed by atoms with E-state index >= 15 is 0 Å². The van der Waals surface area contributed by atoms with E-state index < -0.39 is 12.5 Å². The number of benzene rings is 1. The second-order valence-corrected chi connectivity index (χ2v) is 5.35. The molecule has 2 N–H and O–H groups in total. The average molecular weight is 340 g/mol. The summed E-state index contributed by atoms with van der Waals surface area (Å²) in [5, 5.41) is 12.6. The minimum absolute atomic E-state index is 0.228. The Hall–Kier alpha value is -0.950. The van der Waals surface area contributed by atoms with Crippen LogP contribution < -0.4 is 10.1 Å². The molecule has 1 aromatic rings. The van der Waals surface area contributed by atoms with Crippen LogP contribution in [0, 0.1) is 0 Å².